The van der Waals surface area contributed by atoms with Crippen LogP contribution in [0.5, 0.6) is 0 Å². The van der Waals surface area contributed by atoms with E-state index in [2.05, 4.69) is 9.44 Å². The van der Waals surface area contributed by atoms with Crippen molar-refractivity contribution in [2.24, 2.45) is 11.7 Å². The summed E-state index contributed by atoms with van der Waals surface area (Å²) in [5.41, 5.74) is 5.28. The van der Waals surface area contributed by atoms with Crippen molar-refractivity contribution < 1.29 is 8.42 Å². The van der Waals surface area contributed by atoms with Gasteiger partial charge in [-0.2, -0.15) is 13.1 Å². The van der Waals surface area contributed by atoms with Crippen LogP contribution in [0.2, 0.25) is 0 Å². The molecule has 0 aliphatic heterocycles. The van der Waals surface area contributed by atoms with E-state index in [1.807, 2.05) is 13.8 Å². The first-order valence-corrected chi connectivity index (χ1v) is 5.82. The van der Waals surface area contributed by atoms with Crippen LogP contribution in [0.3, 0.4) is 0 Å². The van der Waals surface area contributed by atoms with Gasteiger partial charge in [0.25, 0.3) is 10.2 Å². The van der Waals surface area contributed by atoms with Gasteiger partial charge in [0.2, 0.25) is 0 Å². The molecule has 0 bridgehead atoms. The van der Waals surface area contributed by atoms with Crippen LogP contribution in [-0.4, -0.2) is 27.5 Å². The second-order valence-electron chi connectivity index (χ2n) is 3.50. The summed E-state index contributed by atoms with van der Waals surface area (Å²) in [7, 11) is -3.37. The van der Waals surface area contributed by atoms with Gasteiger partial charge in [0.05, 0.1) is 0 Å². The maximum Gasteiger partial charge on any atom is 0.277 e. The van der Waals surface area contributed by atoms with Crippen LogP contribution in [0.1, 0.15) is 20.8 Å². The SMILES string of the molecule is CC(C)CNS(=O)(=O)N[C@H](C)CN. The Morgan fingerprint density at radius 2 is 1.85 bits per heavy atom. The Kier molecular flexibility index (Phi) is 5.46. The molecule has 0 heterocycles. The highest BCUT2D eigenvalue weighted by atomic mass is 32.2. The predicted octanol–water partition coefficient (Wildman–Crippen LogP) is -0.586. The lowest BCUT2D eigenvalue weighted by molar-refractivity contribution is 0.533. The zero-order valence-corrected chi connectivity index (χ0v) is 9.19. The summed E-state index contributed by atoms with van der Waals surface area (Å²) < 4.78 is 27.3. The fourth-order valence-electron chi connectivity index (χ4n) is 0.631. The van der Waals surface area contributed by atoms with Crippen LogP contribution < -0.4 is 15.2 Å². The first-order chi connectivity index (χ1) is 5.87. The highest BCUT2D eigenvalue weighted by Gasteiger charge is 2.12. The van der Waals surface area contributed by atoms with Crippen molar-refractivity contribution in [2.45, 2.75) is 26.8 Å². The lowest BCUT2D eigenvalue weighted by atomic mass is 10.2. The summed E-state index contributed by atoms with van der Waals surface area (Å²) in [6.45, 7) is 6.33. The zero-order valence-electron chi connectivity index (χ0n) is 8.37. The van der Waals surface area contributed by atoms with Crippen LogP contribution in [0.15, 0.2) is 0 Å². The number of nitrogens with two attached hydrogens (primary N) is 1. The second-order valence-corrected chi connectivity index (χ2v) is 5.03. The van der Waals surface area contributed by atoms with Crippen LogP contribution in [0.25, 0.3) is 0 Å². The Bertz CT molecular complexity index is 226. The van der Waals surface area contributed by atoms with Crippen molar-refractivity contribution in [3.8, 4) is 0 Å². The van der Waals surface area contributed by atoms with Gasteiger partial charge in [-0.3, -0.25) is 0 Å². The molecule has 0 radical (unpaired) electrons. The summed E-state index contributed by atoms with van der Waals surface area (Å²) in [4.78, 5) is 0. The van der Waals surface area contributed by atoms with Crippen molar-refractivity contribution >= 4 is 10.2 Å². The second kappa shape index (κ2) is 5.54. The number of hydrogen-bond acceptors (Lipinski definition) is 3. The van der Waals surface area contributed by atoms with Crippen molar-refractivity contribution in [1.29, 1.82) is 0 Å². The van der Waals surface area contributed by atoms with Crippen LogP contribution >= 0.6 is 0 Å². The molecule has 4 N–H and O–H groups in total. The third-order valence-electron chi connectivity index (χ3n) is 1.39. The first kappa shape index (κ1) is 12.8. The van der Waals surface area contributed by atoms with Gasteiger partial charge in [-0.15, -0.1) is 0 Å². The van der Waals surface area contributed by atoms with Gasteiger partial charge >= 0.3 is 0 Å². The maximum absolute atomic E-state index is 11.2. The molecular weight excluding hydrogens is 190 g/mol. The normalized spacial score (nSPS) is 14.8. The average Bonchev–Trinajstić information content (AvgIpc) is 2.00. The molecule has 0 aromatic carbocycles. The summed E-state index contributed by atoms with van der Waals surface area (Å²) in [5, 5.41) is 0. The Morgan fingerprint density at radius 3 is 2.23 bits per heavy atom. The van der Waals surface area contributed by atoms with E-state index in [1.54, 1.807) is 6.92 Å². The first-order valence-electron chi connectivity index (χ1n) is 4.34. The molecule has 0 rings (SSSR count). The lowest BCUT2D eigenvalue weighted by Crippen LogP contribution is -2.45. The van der Waals surface area contributed by atoms with E-state index < -0.39 is 10.2 Å². The highest BCUT2D eigenvalue weighted by Crippen LogP contribution is 1.90. The molecule has 5 nitrogen and oxygen atoms in total. The summed E-state index contributed by atoms with van der Waals surface area (Å²) in [6, 6.07) is -0.232. The molecular formula is C7H19N3O2S. The minimum atomic E-state index is -3.37. The summed E-state index contributed by atoms with van der Waals surface area (Å²) in [6.07, 6.45) is 0. The third-order valence-corrected chi connectivity index (χ3v) is 2.65. The Hall–Kier alpha value is -0.170. The molecule has 0 fully saturated rings. The molecule has 0 aliphatic carbocycles. The van der Waals surface area contributed by atoms with E-state index in [0.717, 1.165) is 0 Å². The molecule has 0 unspecified atom stereocenters. The Labute approximate surface area is 80.3 Å². The molecule has 0 spiro atoms. The zero-order chi connectivity index (χ0) is 10.5. The van der Waals surface area contributed by atoms with Gasteiger partial charge in [0, 0.05) is 19.1 Å². The van der Waals surface area contributed by atoms with E-state index >= 15 is 0 Å². The van der Waals surface area contributed by atoms with E-state index in [9.17, 15) is 8.42 Å². The van der Waals surface area contributed by atoms with Crippen LogP contribution in [-0.2, 0) is 10.2 Å². The van der Waals surface area contributed by atoms with Gasteiger partial charge in [0.15, 0.2) is 0 Å². The fourth-order valence-corrected chi connectivity index (χ4v) is 1.89. The molecule has 0 aromatic heterocycles. The maximum atomic E-state index is 11.2. The number of hydrogen-bond donors (Lipinski definition) is 3. The Morgan fingerprint density at radius 1 is 1.31 bits per heavy atom. The topological polar surface area (TPSA) is 84.2 Å². The van der Waals surface area contributed by atoms with Crippen LogP contribution in [0, 0.1) is 5.92 Å². The molecule has 80 valence electrons. The van der Waals surface area contributed by atoms with Gasteiger partial charge in [-0.25, -0.2) is 4.72 Å². The van der Waals surface area contributed by atoms with Gasteiger partial charge in [0.1, 0.15) is 0 Å². The fraction of sp³-hybridized carbons (Fsp3) is 1.00. The number of rotatable bonds is 6. The molecule has 0 amide bonds. The van der Waals surface area contributed by atoms with Crippen molar-refractivity contribution in [1.82, 2.24) is 9.44 Å². The van der Waals surface area contributed by atoms with Crippen molar-refractivity contribution in [3.05, 3.63) is 0 Å². The number of nitrogens with one attached hydrogen (secondary N) is 2. The van der Waals surface area contributed by atoms with Gasteiger partial charge in [-0.1, -0.05) is 13.8 Å². The molecule has 6 heteroatoms. The molecule has 0 aromatic rings. The minimum absolute atomic E-state index is 0.232. The minimum Gasteiger partial charge on any atom is -0.329 e. The van der Waals surface area contributed by atoms with E-state index in [0.29, 0.717) is 19.0 Å². The largest absolute Gasteiger partial charge is 0.329 e. The van der Waals surface area contributed by atoms with E-state index in [-0.39, 0.29) is 6.04 Å². The Balaban J connectivity index is 3.95. The van der Waals surface area contributed by atoms with E-state index in [1.165, 1.54) is 0 Å². The smallest absolute Gasteiger partial charge is 0.277 e. The average molecular weight is 209 g/mol. The third kappa shape index (κ3) is 6.94. The standard InChI is InChI=1S/C7H19N3O2S/c1-6(2)5-9-13(11,12)10-7(3)4-8/h6-7,9-10H,4-5,8H2,1-3H3/t7-/m1/s1. The lowest BCUT2D eigenvalue weighted by Gasteiger charge is -2.13. The summed E-state index contributed by atoms with van der Waals surface area (Å²) >= 11 is 0. The summed E-state index contributed by atoms with van der Waals surface area (Å²) in [5.74, 6) is 0.296. The van der Waals surface area contributed by atoms with Crippen molar-refractivity contribution in [2.75, 3.05) is 13.1 Å². The quantitative estimate of drug-likeness (QED) is 0.547. The van der Waals surface area contributed by atoms with E-state index in [4.69, 9.17) is 5.73 Å². The van der Waals surface area contributed by atoms with Gasteiger partial charge < -0.3 is 5.73 Å². The monoisotopic (exact) mass is 209 g/mol. The molecule has 0 aliphatic rings. The molecule has 0 saturated carbocycles. The molecule has 13 heavy (non-hydrogen) atoms. The highest BCUT2D eigenvalue weighted by molar-refractivity contribution is 7.87. The predicted molar refractivity (Wildman–Crippen MR) is 53.4 cm³/mol. The van der Waals surface area contributed by atoms with Crippen LogP contribution in [0.4, 0.5) is 0 Å². The van der Waals surface area contributed by atoms with Crippen molar-refractivity contribution in [3.63, 3.8) is 0 Å². The molecule has 1 atom stereocenters. The van der Waals surface area contributed by atoms with Gasteiger partial charge in [-0.05, 0) is 12.8 Å². The molecule has 0 saturated heterocycles.